The molecule has 0 unspecified atom stereocenters. The van der Waals surface area contributed by atoms with Crippen molar-refractivity contribution in [3.05, 3.63) is 89.9 Å². The van der Waals surface area contributed by atoms with Gasteiger partial charge in [0.1, 0.15) is 72.9 Å². The van der Waals surface area contributed by atoms with Gasteiger partial charge in [-0.25, -0.2) is 19.6 Å². The van der Waals surface area contributed by atoms with E-state index in [-0.39, 0.29) is 30.8 Å². The summed E-state index contributed by atoms with van der Waals surface area (Å²) < 4.78 is 11.5. The van der Waals surface area contributed by atoms with Gasteiger partial charge in [-0.2, -0.15) is 0 Å². The number of nitrogens with one attached hydrogen (secondary N) is 4. The van der Waals surface area contributed by atoms with Gasteiger partial charge in [0.15, 0.2) is 0 Å². The lowest BCUT2D eigenvalue weighted by Crippen LogP contribution is -2.60. The summed E-state index contributed by atoms with van der Waals surface area (Å²) in [6.45, 7) is 7.56. The van der Waals surface area contributed by atoms with Gasteiger partial charge in [-0.15, -0.1) is 0 Å². The van der Waals surface area contributed by atoms with E-state index in [0.29, 0.717) is 27.5 Å². The molecule has 6 rings (SSSR count). The number of carbonyl (C=O) groups is 10. The van der Waals surface area contributed by atoms with E-state index < -0.39 is 133 Å². The van der Waals surface area contributed by atoms with Gasteiger partial charge in [-0.05, 0) is 68.4 Å². The van der Waals surface area contributed by atoms with Crippen LogP contribution in [0.2, 0.25) is 0 Å². The number of aromatic nitrogens is 3. The van der Waals surface area contributed by atoms with Crippen LogP contribution in [-0.2, 0) is 54.4 Å². The summed E-state index contributed by atoms with van der Waals surface area (Å²) in [5, 5.41) is 10.9. The predicted molar refractivity (Wildman–Crippen MR) is 283 cm³/mol. The SMILES string of the molecule is CC(C)[C@H]1C(=O)OC[C@@H](NC(=O)c2nc3ccccc3cc2CN)C(=O)N[C@@H](C)C(=O)N(C)[C@H]2C/C=C\C[C@@H](C(=O)N1C)N(C)C(=O)[C@H](C)NC(=O)[C@H](NC(=O)c1cnc3ccccc3n1)COC(=O)[C@H](C(C)C)N(C)C2=O. The topological polar surface area (TPSA) is 315 Å². The Labute approximate surface area is 451 Å². The fourth-order valence-corrected chi connectivity index (χ4v) is 9.37. The number of ether oxygens (including phenoxy) is 2. The molecule has 0 fully saturated rings. The Hall–Kier alpha value is -8.41. The lowest BCUT2D eigenvalue weighted by Gasteiger charge is -2.37. The molecule has 2 aromatic heterocycles. The van der Waals surface area contributed by atoms with Crippen molar-refractivity contribution < 1.29 is 57.4 Å². The van der Waals surface area contributed by atoms with Crippen molar-refractivity contribution in [3.8, 4) is 0 Å². The first-order valence-corrected chi connectivity index (χ1v) is 25.5. The van der Waals surface area contributed by atoms with E-state index in [0.717, 1.165) is 19.6 Å². The third-order valence-electron chi connectivity index (χ3n) is 13.8. The number of hydrogen-bond acceptors (Lipinski definition) is 16. The van der Waals surface area contributed by atoms with E-state index in [1.54, 1.807) is 82.3 Å². The van der Waals surface area contributed by atoms with E-state index in [2.05, 4.69) is 36.2 Å². The molecular formula is C54H68N12O12. The molecule has 24 heteroatoms. The highest BCUT2D eigenvalue weighted by Crippen LogP contribution is 2.22. The van der Waals surface area contributed by atoms with E-state index in [4.69, 9.17) is 15.2 Å². The maximum Gasteiger partial charge on any atom is 0.329 e. The van der Waals surface area contributed by atoms with Crippen molar-refractivity contribution in [2.45, 2.75) is 109 Å². The van der Waals surface area contributed by atoms with Gasteiger partial charge in [0.05, 0.1) is 22.7 Å². The van der Waals surface area contributed by atoms with Crippen LogP contribution in [0.5, 0.6) is 0 Å². The van der Waals surface area contributed by atoms with Gasteiger partial charge in [-0.1, -0.05) is 70.2 Å². The number of esters is 2. The van der Waals surface area contributed by atoms with Crippen molar-refractivity contribution >= 4 is 81.1 Å². The summed E-state index contributed by atoms with van der Waals surface area (Å²) in [7, 11) is 5.30. The molecule has 2 aromatic carbocycles. The van der Waals surface area contributed by atoms with E-state index in [9.17, 15) is 47.9 Å². The lowest BCUT2D eigenvalue weighted by atomic mass is 9.99. The maximum atomic E-state index is 14.9. The van der Waals surface area contributed by atoms with Gasteiger partial charge < -0.3 is 56.1 Å². The number of para-hydroxylation sites is 3. The standard InChI is InChI=1S/C54H68N12O12/c1-28(2)43-53(75)77-26-38(61-45(67)37-25-56-35-19-13-14-20-36(35)59-37)46(68)57-30(5)49(71)63(7)40-21-15-16-22-41(51(73)65(43)9)64(8)50(72)31(6)58-47(69)39(27-78-54(76)44(29(3)4)66(10)52(40)74)62-48(70)42-33(24-55)23-32-17-11-12-18-34(32)60-42/h11-20,23,25,28-31,38-41,43-44H,21-22,24,26-27,55H2,1-10H3,(H,57,68)(H,58,69)(H,61,67)(H,62,70)/b16-15-/t30-,31-,38+,39+,40-,41-,43-,44-/m0/s1. The summed E-state index contributed by atoms with van der Waals surface area (Å²) in [6.07, 6.45) is 3.79. The largest absolute Gasteiger partial charge is 0.461 e. The van der Waals surface area contributed by atoms with Crippen LogP contribution in [0, 0.1) is 11.8 Å². The molecule has 8 amide bonds. The minimum atomic E-state index is -1.68. The molecular weight excluding hydrogens is 1010 g/mol. The molecule has 6 N–H and O–H groups in total. The summed E-state index contributed by atoms with van der Waals surface area (Å²) in [4.78, 5) is 161. The number of nitrogens with two attached hydrogens (primary N) is 1. The number of cyclic esters (lactones) is 2. The first-order valence-electron chi connectivity index (χ1n) is 25.5. The summed E-state index contributed by atoms with van der Waals surface area (Å²) in [5.41, 5.74) is 7.40. The molecule has 0 saturated heterocycles. The monoisotopic (exact) mass is 1080 g/mol. The number of amides is 8. The van der Waals surface area contributed by atoms with Crippen molar-refractivity contribution in [3.63, 3.8) is 0 Å². The average molecular weight is 1080 g/mol. The minimum absolute atomic E-state index is 0.108. The van der Waals surface area contributed by atoms with Crippen LogP contribution in [0.3, 0.4) is 0 Å². The number of pyridine rings is 1. The molecule has 4 aromatic rings. The van der Waals surface area contributed by atoms with E-state index in [1.807, 2.05) is 0 Å². The summed E-state index contributed by atoms with van der Waals surface area (Å²) >= 11 is 0. The highest BCUT2D eigenvalue weighted by molar-refractivity contribution is 6.01. The molecule has 2 bridgehead atoms. The number of carbonyl (C=O) groups excluding carboxylic acids is 10. The van der Waals surface area contributed by atoms with Gasteiger partial charge >= 0.3 is 11.9 Å². The minimum Gasteiger partial charge on any atom is -0.461 e. The first-order chi connectivity index (χ1) is 36.9. The van der Waals surface area contributed by atoms with Gasteiger partial charge in [-0.3, -0.25) is 43.3 Å². The Morgan fingerprint density at radius 1 is 0.628 bits per heavy atom. The Morgan fingerprint density at radius 3 is 1.55 bits per heavy atom. The van der Waals surface area contributed by atoms with Crippen LogP contribution in [0.15, 0.2) is 72.9 Å². The second-order valence-electron chi connectivity index (χ2n) is 20.1. The number of fused-ring (bicyclic) bond motifs is 6. The van der Waals surface area contributed by atoms with E-state index >= 15 is 0 Å². The highest BCUT2D eigenvalue weighted by atomic mass is 16.5. The quantitative estimate of drug-likeness (QED) is 0.125. The summed E-state index contributed by atoms with van der Waals surface area (Å²) in [5.74, 6) is -10.1. The second-order valence-corrected chi connectivity index (χ2v) is 20.1. The molecule has 78 heavy (non-hydrogen) atoms. The third kappa shape index (κ3) is 13.4. The van der Waals surface area contributed by atoms with Gasteiger partial charge in [0.2, 0.25) is 35.4 Å². The number of nitrogens with zero attached hydrogens (tertiary/aromatic N) is 7. The molecule has 0 spiro atoms. The van der Waals surface area contributed by atoms with Gasteiger partial charge in [0.25, 0.3) is 11.8 Å². The van der Waals surface area contributed by atoms with Crippen LogP contribution < -0.4 is 27.0 Å². The lowest BCUT2D eigenvalue weighted by molar-refractivity contribution is -0.160. The molecule has 8 atom stereocenters. The highest BCUT2D eigenvalue weighted by Gasteiger charge is 2.42. The first kappa shape index (κ1) is 58.8. The zero-order chi connectivity index (χ0) is 57.3. The zero-order valence-electron chi connectivity index (χ0n) is 45.3. The summed E-state index contributed by atoms with van der Waals surface area (Å²) in [6, 6.07) is 3.83. The third-order valence-corrected chi connectivity index (χ3v) is 13.8. The van der Waals surface area contributed by atoms with Crippen LogP contribution in [0.1, 0.15) is 80.9 Å². The fraction of sp³-hybridized carbons (Fsp3) is 0.463. The predicted octanol–water partition coefficient (Wildman–Crippen LogP) is 0.613. The maximum absolute atomic E-state index is 14.9. The normalized spacial score (nSPS) is 24.6. The van der Waals surface area contributed by atoms with Crippen LogP contribution in [-0.4, -0.2) is 183 Å². The van der Waals surface area contributed by atoms with Crippen molar-refractivity contribution in [1.29, 1.82) is 0 Å². The molecule has 416 valence electrons. The second kappa shape index (κ2) is 25.6. The molecule has 0 radical (unpaired) electrons. The number of likely N-dealkylation sites (N-methyl/N-ethyl adjacent to an activating group) is 4. The molecule has 0 saturated carbocycles. The van der Waals surface area contributed by atoms with Crippen LogP contribution in [0.4, 0.5) is 0 Å². The number of rotatable bonds is 7. The molecule has 0 aliphatic carbocycles. The molecule has 4 heterocycles. The van der Waals surface area contributed by atoms with Crippen molar-refractivity contribution in [1.82, 2.24) is 55.8 Å². The van der Waals surface area contributed by atoms with Gasteiger partial charge in [0, 0.05) is 40.1 Å². The fourth-order valence-electron chi connectivity index (χ4n) is 9.37. The zero-order valence-corrected chi connectivity index (χ0v) is 45.3. The average Bonchev–Trinajstić information content (AvgIpc) is 3.47. The molecule has 2 aliphatic heterocycles. The van der Waals surface area contributed by atoms with Crippen LogP contribution in [0.25, 0.3) is 21.9 Å². The van der Waals surface area contributed by atoms with Crippen molar-refractivity contribution in [2.24, 2.45) is 17.6 Å². The van der Waals surface area contributed by atoms with Crippen LogP contribution >= 0.6 is 0 Å². The Morgan fingerprint density at radius 2 is 1.08 bits per heavy atom. The van der Waals surface area contributed by atoms with Crippen molar-refractivity contribution in [2.75, 3.05) is 41.4 Å². The number of benzene rings is 2. The van der Waals surface area contributed by atoms with E-state index in [1.165, 1.54) is 60.4 Å². The molecule has 2 aliphatic rings. The Balaban J connectivity index is 1.41. The Kier molecular flexibility index (Phi) is 19.3. The Bertz CT molecular complexity index is 3000. The molecule has 24 nitrogen and oxygen atoms in total. The smallest absolute Gasteiger partial charge is 0.329 e. The number of hydrogen-bond donors (Lipinski definition) is 5.